The van der Waals surface area contributed by atoms with E-state index in [1.165, 1.54) is 0 Å². The number of urea groups is 1. The van der Waals surface area contributed by atoms with Crippen LogP contribution in [-0.2, 0) is 4.74 Å². The molecule has 1 saturated heterocycles. The Morgan fingerprint density at radius 1 is 1.25 bits per heavy atom. The van der Waals surface area contributed by atoms with E-state index in [1.807, 2.05) is 52.0 Å². The zero-order chi connectivity index (χ0) is 17.9. The van der Waals surface area contributed by atoms with Gasteiger partial charge in [-0.2, -0.15) is 0 Å². The van der Waals surface area contributed by atoms with E-state index in [-0.39, 0.29) is 18.2 Å². The van der Waals surface area contributed by atoms with Crippen molar-refractivity contribution in [3.05, 3.63) is 27.8 Å². The highest BCUT2D eigenvalue weighted by molar-refractivity contribution is 14.1. The third-order valence-corrected chi connectivity index (χ3v) is 4.60. The molecule has 0 aliphatic carbocycles. The van der Waals surface area contributed by atoms with E-state index in [9.17, 15) is 9.59 Å². The van der Waals surface area contributed by atoms with Gasteiger partial charge in [0.25, 0.3) is 0 Å². The van der Waals surface area contributed by atoms with Gasteiger partial charge in [0.2, 0.25) is 0 Å². The Balaban J connectivity index is 1.94. The minimum absolute atomic E-state index is 0.0763. The van der Waals surface area contributed by atoms with Crippen LogP contribution in [0.5, 0.6) is 0 Å². The molecule has 0 spiro atoms. The van der Waals surface area contributed by atoms with Gasteiger partial charge in [0.1, 0.15) is 5.60 Å². The fourth-order valence-corrected chi connectivity index (χ4v) is 3.02. The van der Waals surface area contributed by atoms with Crippen LogP contribution in [-0.4, -0.2) is 53.2 Å². The quantitative estimate of drug-likeness (QED) is 0.670. The molecule has 0 radical (unpaired) electrons. The number of hydrogen-bond donors (Lipinski definition) is 1. The van der Waals surface area contributed by atoms with Crippen LogP contribution in [0.25, 0.3) is 0 Å². The molecule has 3 amide bonds. The molecule has 132 valence electrons. The number of benzene rings is 1. The zero-order valence-electron chi connectivity index (χ0n) is 14.5. The van der Waals surface area contributed by atoms with Gasteiger partial charge in [0.15, 0.2) is 0 Å². The molecule has 0 saturated carbocycles. The van der Waals surface area contributed by atoms with Gasteiger partial charge in [-0.15, -0.1) is 0 Å². The van der Waals surface area contributed by atoms with Crippen LogP contribution < -0.4 is 5.32 Å². The average molecular weight is 445 g/mol. The van der Waals surface area contributed by atoms with E-state index < -0.39 is 5.60 Å². The number of nitrogens with zero attached hydrogens (tertiary/aromatic N) is 2. The van der Waals surface area contributed by atoms with Gasteiger partial charge in [0.05, 0.1) is 5.69 Å². The van der Waals surface area contributed by atoms with Gasteiger partial charge < -0.3 is 19.9 Å². The van der Waals surface area contributed by atoms with Crippen LogP contribution in [0.3, 0.4) is 0 Å². The summed E-state index contributed by atoms with van der Waals surface area (Å²) in [4.78, 5) is 28.1. The number of nitrogens with one attached hydrogen (secondary N) is 1. The molecule has 7 heteroatoms. The van der Waals surface area contributed by atoms with Crippen molar-refractivity contribution in [3.63, 3.8) is 0 Å². The second kappa shape index (κ2) is 7.58. The summed E-state index contributed by atoms with van der Waals surface area (Å²) in [6.45, 7) is 8.90. The summed E-state index contributed by atoms with van der Waals surface area (Å²) < 4.78 is 6.39. The zero-order valence-corrected chi connectivity index (χ0v) is 16.7. The summed E-state index contributed by atoms with van der Waals surface area (Å²) in [5.74, 6) is 0. The van der Waals surface area contributed by atoms with Crippen LogP contribution in [0.1, 0.15) is 27.7 Å². The molecule has 24 heavy (non-hydrogen) atoms. The fourth-order valence-electron chi connectivity index (χ4n) is 2.50. The predicted molar refractivity (Wildman–Crippen MR) is 102 cm³/mol. The van der Waals surface area contributed by atoms with Crippen molar-refractivity contribution < 1.29 is 14.3 Å². The number of carbonyl (C=O) groups is 2. The number of piperazine rings is 1. The SMILES string of the molecule is C[C@@H]1CN(C(=O)OC(C)(C)C)CCN1C(=O)Nc1ccccc1I. The van der Waals surface area contributed by atoms with Gasteiger partial charge in [-0.3, -0.25) is 0 Å². The highest BCUT2D eigenvalue weighted by Crippen LogP contribution is 2.19. The van der Waals surface area contributed by atoms with Crippen molar-refractivity contribution in [2.24, 2.45) is 0 Å². The van der Waals surface area contributed by atoms with E-state index >= 15 is 0 Å². The molecule has 0 bridgehead atoms. The van der Waals surface area contributed by atoms with Crippen molar-refractivity contribution in [3.8, 4) is 0 Å². The van der Waals surface area contributed by atoms with Crippen LogP contribution in [0, 0.1) is 3.57 Å². The number of halogens is 1. The van der Waals surface area contributed by atoms with Crippen LogP contribution in [0.4, 0.5) is 15.3 Å². The molecule has 1 aliphatic rings. The number of ether oxygens (including phenoxy) is 1. The smallest absolute Gasteiger partial charge is 0.410 e. The lowest BCUT2D eigenvalue weighted by molar-refractivity contribution is 0.0112. The lowest BCUT2D eigenvalue weighted by Gasteiger charge is -2.40. The Morgan fingerprint density at radius 3 is 2.50 bits per heavy atom. The molecule has 0 aromatic heterocycles. The Bertz CT molecular complexity index is 615. The van der Waals surface area contributed by atoms with Gasteiger partial charge in [-0.05, 0) is 62.4 Å². The lowest BCUT2D eigenvalue weighted by atomic mass is 10.2. The highest BCUT2D eigenvalue weighted by Gasteiger charge is 2.32. The molecule has 0 unspecified atom stereocenters. The van der Waals surface area contributed by atoms with Crippen molar-refractivity contribution in [2.75, 3.05) is 25.0 Å². The van der Waals surface area contributed by atoms with E-state index in [0.29, 0.717) is 19.6 Å². The van der Waals surface area contributed by atoms with E-state index in [1.54, 1.807) is 9.80 Å². The normalized spacial score (nSPS) is 18.3. The van der Waals surface area contributed by atoms with Crippen LogP contribution in [0.2, 0.25) is 0 Å². The summed E-state index contributed by atoms with van der Waals surface area (Å²) in [6.07, 6.45) is -0.327. The number of para-hydroxylation sites is 1. The maximum absolute atomic E-state index is 12.5. The first kappa shape index (κ1) is 18.8. The van der Waals surface area contributed by atoms with Gasteiger partial charge in [-0.1, -0.05) is 12.1 Å². The first-order valence-electron chi connectivity index (χ1n) is 7.97. The highest BCUT2D eigenvalue weighted by atomic mass is 127. The third-order valence-electron chi connectivity index (χ3n) is 3.66. The minimum atomic E-state index is -0.515. The van der Waals surface area contributed by atoms with E-state index in [4.69, 9.17) is 4.74 Å². The van der Waals surface area contributed by atoms with Crippen molar-refractivity contribution in [2.45, 2.75) is 39.3 Å². The van der Waals surface area contributed by atoms with Crippen molar-refractivity contribution >= 4 is 40.4 Å². The van der Waals surface area contributed by atoms with E-state index in [0.717, 1.165) is 9.26 Å². The Kier molecular flexibility index (Phi) is 5.95. The number of anilines is 1. The van der Waals surface area contributed by atoms with E-state index in [2.05, 4.69) is 27.9 Å². The minimum Gasteiger partial charge on any atom is -0.444 e. The third kappa shape index (κ3) is 4.99. The summed E-state index contributed by atoms with van der Waals surface area (Å²) in [5.41, 5.74) is 0.281. The van der Waals surface area contributed by atoms with Gasteiger partial charge in [0, 0.05) is 29.2 Å². The molecular formula is C17H24IN3O3. The average Bonchev–Trinajstić information content (AvgIpc) is 2.47. The molecule has 1 N–H and O–H groups in total. The fraction of sp³-hybridized carbons (Fsp3) is 0.529. The first-order valence-corrected chi connectivity index (χ1v) is 9.05. The monoisotopic (exact) mass is 445 g/mol. The largest absolute Gasteiger partial charge is 0.444 e. The standard InChI is InChI=1S/C17H24IN3O3/c1-12-11-20(16(23)24-17(2,3)4)9-10-21(12)15(22)19-14-8-6-5-7-13(14)18/h5-8,12H,9-11H2,1-4H3,(H,19,22)/t12-/m1/s1. The maximum atomic E-state index is 12.5. The van der Waals surface area contributed by atoms with Gasteiger partial charge in [-0.25, -0.2) is 9.59 Å². The molecule has 2 rings (SSSR count). The molecule has 1 aromatic rings. The molecule has 1 aliphatic heterocycles. The Hall–Kier alpha value is -1.51. The lowest BCUT2D eigenvalue weighted by Crippen LogP contribution is -2.57. The number of carbonyl (C=O) groups excluding carboxylic acids is 2. The molecule has 1 heterocycles. The molecular weight excluding hydrogens is 421 g/mol. The second-order valence-corrected chi connectivity index (χ2v) is 8.04. The summed E-state index contributed by atoms with van der Waals surface area (Å²) in [7, 11) is 0. The Morgan fingerprint density at radius 2 is 1.92 bits per heavy atom. The predicted octanol–water partition coefficient (Wildman–Crippen LogP) is 3.76. The summed E-state index contributed by atoms with van der Waals surface area (Å²) in [5, 5.41) is 2.94. The topological polar surface area (TPSA) is 61.9 Å². The maximum Gasteiger partial charge on any atom is 0.410 e. The van der Waals surface area contributed by atoms with Gasteiger partial charge >= 0.3 is 12.1 Å². The number of rotatable bonds is 1. The second-order valence-electron chi connectivity index (χ2n) is 6.88. The van der Waals surface area contributed by atoms with Crippen molar-refractivity contribution in [1.82, 2.24) is 9.80 Å². The first-order chi connectivity index (χ1) is 11.2. The molecule has 6 nitrogen and oxygen atoms in total. The molecule has 1 atom stereocenters. The Labute approximate surface area is 156 Å². The number of hydrogen-bond acceptors (Lipinski definition) is 3. The molecule has 1 fully saturated rings. The van der Waals surface area contributed by atoms with Crippen molar-refractivity contribution in [1.29, 1.82) is 0 Å². The van der Waals surface area contributed by atoms with Crippen LogP contribution >= 0.6 is 22.6 Å². The molecule has 1 aromatic carbocycles. The summed E-state index contributed by atoms with van der Waals surface area (Å²) >= 11 is 2.19. The summed E-state index contributed by atoms with van der Waals surface area (Å²) in [6, 6.07) is 7.42. The number of amides is 3. The van der Waals surface area contributed by atoms with Crippen LogP contribution in [0.15, 0.2) is 24.3 Å².